The number of carbonyl (C=O) groups is 1. The summed E-state index contributed by atoms with van der Waals surface area (Å²) < 4.78 is 23.0. The summed E-state index contributed by atoms with van der Waals surface area (Å²) >= 11 is 3.25. The van der Waals surface area contributed by atoms with Gasteiger partial charge in [-0.05, 0) is 59.4 Å². The van der Waals surface area contributed by atoms with Crippen molar-refractivity contribution < 1.29 is 13.2 Å². The van der Waals surface area contributed by atoms with Gasteiger partial charge in [0, 0.05) is 4.47 Å². The first-order chi connectivity index (χ1) is 9.77. The van der Waals surface area contributed by atoms with Crippen molar-refractivity contribution in [2.45, 2.75) is 30.7 Å². The highest BCUT2D eigenvalue weighted by molar-refractivity contribution is 9.10. The average molecular weight is 376 g/mol. The molecule has 21 heavy (non-hydrogen) atoms. The predicted octanol–water partition coefficient (Wildman–Crippen LogP) is 1.42. The van der Waals surface area contributed by atoms with Crippen molar-refractivity contribution in [3.63, 3.8) is 0 Å². The number of benzene rings is 1. The summed E-state index contributed by atoms with van der Waals surface area (Å²) in [5, 5.41) is 11.0. The standard InChI is InChI=1S/C13H18BrN3O3S/c1-8-4-5-16-12(6-8)13(18)17-11-3-2-9(7-10(11)14)21(15,19)20/h2-3,7-8,12,16H,4-6H2,1H3,(H,17,18)(H2,15,19,20). The number of carbonyl (C=O) groups excluding carboxylic acids is 1. The van der Waals surface area contributed by atoms with Crippen LogP contribution >= 0.6 is 15.9 Å². The Balaban J connectivity index is 2.11. The zero-order valence-electron chi connectivity index (χ0n) is 11.6. The van der Waals surface area contributed by atoms with Gasteiger partial charge in [0.1, 0.15) is 0 Å². The van der Waals surface area contributed by atoms with Gasteiger partial charge in [0.2, 0.25) is 15.9 Å². The van der Waals surface area contributed by atoms with Crippen LogP contribution in [0.2, 0.25) is 0 Å². The third-order valence-electron chi connectivity index (χ3n) is 3.51. The largest absolute Gasteiger partial charge is 0.324 e. The second-order valence-corrected chi connectivity index (χ2v) is 7.73. The first kappa shape index (κ1) is 16.4. The Kier molecular flexibility index (Phi) is 5.03. The van der Waals surface area contributed by atoms with E-state index in [2.05, 4.69) is 33.5 Å². The molecule has 2 unspecified atom stereocenters. The van der Waals surface area contributed by atoms with Crippen molar-refractivity contribution in [3.05, 3.63) is 22.7 Å². The number of primary sulfonamides is 1. The number of halogens is 1. The summed E-state index contributed by atoms with van der Waals surface area (Å²) in [7, 11) is -3.75. The van der Waals surface area contributed by atoms with Gasteiger partial charge in [0.25, 0.3) is 0 Å². The molecular formula is C13H18BrN3O3S. The SMILES string of the molecule is CC1CCNC(C(=O)Nc2ccc(S(N)(=O)=O)cc2Br)C1. The quantitative estimate of drug-likeness (QED) is 0.743. The van der Waals surface area contributed by atoms with Crippen molar-refractivity contribution in [3.8, 4) is 0 Å². The van der Waals surface area contributed by atoms with Crippen LogP contribution in [-0.4, -0.2) is 26.9 Å². The van der Waals surface area contributed by atoms with E-state index in [9.17, 15) is 13.2 Å². The minimum atomic E-state index is -3.75. The lowest BCUT2D eigenvalue weighted by Crippen LogP contribution is -2.45. The van der Waals surface area contributed by atoms with E-state index in [1.54, 1.807) is 0 Å². The third-order valence-corrected chi connectivity index (χ3v) is 5.08. The first-order valence-corrected chi connectivity index (χ1v) is 8.98. The molecule has 1 saturated heterocycles. The maximum Gasteiger partial charge on any atom is 0.241 e. The van der Waals surface area contributed by atoms with Crippen molar-refractivity contribution >= 4 is 37.5 Å². The maximum atomic E-state index is 12.2. The van der Waals surface area contributed by atoms with Gasteiger partial charge in [0.15, 0.2) is 0 Å². The number of sulfonamides is 1. The van der Waals surface area contributed by atoms with Crippen LogP contribution in [0.1, 0.15) is 19.8 Å². The second-order valence-electron chi connectivity index (χ2n) is 5.31. The molecule has 0 aliphatic carbocycles. The maximum absolute atomic E-state index is 12.2. The lowest BCUT2D eigenvalue weighted by Gasteiger charge is -2.27. The third kappa shape index (κ3) is 4.26. The van der Waals surface area contributed by atoms with E-state index in [0.29, 0.717) is 16.1 Å². The Labute approximate surface area is 132 Å². The summed E-state index contributed by atoms with van der Waals surface area (Å²) in [4.78, 5) is 12.2. The van der Waals surface area contributed by atoms with E-state index in [1.807, 2.05) is 0 Å². The molecule has 4 N–H and O–H groups in total. The van der Waals surface area contributed by atoms with Gasteiger partial charge in [-0.25, -0.2) is 13.6 Å². The number of anilines is 1. The van der Waals surface area contributed by atoms with Gasteiger partial charge in [-0.3, -0.25) is 4.79 Å². The van der Waals surface area contributed by atoms with Gasteiger partial charge in [-0.1, -0.05) is 6.92 Å². The zero-order valence-corrected chi connectivity index (χ0v) is 14.0. The number of nitrogens with two attached hydrogens (primary N) is 1. The van der Waals surface area contributed by atoms with Gasteiger partial charge in [-0.2, -0.15) is 0 Å². The molecule has 1 aromatic carbocycles. The fourth-order valence-electron chi connectivity index (χ4n) is 2.30. The van der Waals surface area contributed by atoms with E-state index >= 15 is 0 Å². The monoisotopic (exact) mass is 375 g/mol. The minimum Gasteiger partial charge on any atom is -0.324 e. The Hall–Kier alpha value is -0.960. The molecule has 0 spiro atoms. The normalized spacial score (nSPS) is 22.8. The van der Waals surface area contributed by atoms with Gasteiger partial charge in [-0.15, -0.1) is 0 Å². The van der Waals surface area contributed by atoms with E-state index in [4.69, 9.17) is 5.14 Å². The van der Waals surface area contributed by atoms with Crippen LogP contribution in [0.3, 0.4) is 0 Å². The molecule has 0 bridgehead atoms. The molecule has 1 amide bonds. The second kappa shape index (κ2) is 6.43. The van der Waals surface area contributed by atoms with E-state index in [-0.39, 0.29) is 16.8 Å². The van der Waals surface area contributed by atoms with Gasteiger partial charge in [0.05, 0.1) is 16.6 Å². The smallest absolute Gasteiger partial charge is 0.241 e. The molecule has 2 atom stereocenters. The Bertz CT molecular complexity index is 648. The van der Waals surface area contributed by atoms with E-state index < -0.39 is 10.0 Å². The van der Waals surface area contributed by atoms with Crippen LogP contribution < -0.4 is 15.8 Å². The predicted molar refractivity (Wildman–Crippen MR) is 84.3 cm³/mol. The molecule has 2 rings (SSSR count). The molecule has 116 valence electrons. The van der Waals surface area contributed by atoms with Crippen molar-refractivity contribution in [2.24, 2.45) is 11.1 Å². The van der Waals surface area contributed by atoms with Gasteiger partial charge >= 0.3 is 0 Å². The van der Waals surface area contributed by atoms with Crippen molar-refractivity contribution in [1.82, 2.24) is 5.32 Å². The van der Waals surface area contributed by atoms with Crippen LogP contribution in [0.15, 0.2) is 27.6 Å². The van der Waals surface area contributed by atoms with Crippen molar-refractivity contribution in [1.29, 1.82) is 0 Å². The number of rotatable bonds is 3. The Morgan fingerprint density at radius 2 is 2.19 bits per heavy atom. The summed E-state index contributed by atoms with van der Waals surface area (Å²) in [6.07, 6.45) is 1.86. The molecule has 0 saturated carbocycles. The van der Waals surface area contributed by atoms with Gasteiger partial charge < -0.3 is 10.6 Å². The molecule has 0 radical (unpaired) electrons. The lowest BCUT2D eigenvalue weighted by atomic mass is 9.94. The number of amides is 1. The molecule has 1 aliphatic rings. The summed E-state index contributed by atoms with van der Waals surface area (Å²) in [6, 6.07) is 4.04. The fraction of sp³-hybridized carbons (Fsp3) is 0.462. The van der Waals surface area contributed by atoms with E-state index in [1.165, 1.54) is 18.2 Å². The highest BCUT2D eigenvalue weighted by atomic mass is 79.9. The average Bonchev–Trinajstić information content (AvgIpc) is 2.39. The van der Waals surface area contributed by atoms with Crippen LogP contribution in [0.4, 0.5) is 5.69 Å². The van der Waals surface area contributed by atoms with Crippen LogP contribution in [0.25, 0.3) is 0 Å². The molecule has 0 aromatic heterocycles. The Morgan fingerprint density at radius 1 is 1.48 bits per heavy atom. The fourth-order valence-corrected chi connectivity index (χ4v) is 3.47. The minimum absolute atomic E-state index is 0.00297. The molecule has 8 heteroatoms. The first-order valence-electron chi connectivity index (χ1n) is 6.64. The highest BCUT2D eigenvalue weighted by Crippen LogP contribution is 2.26. The van der Waals surface area contributed by atoms with Crippen molar-refractivity contribution in [2.75, 3.05) is 11.9 Å². The number of hydrogen-bond donors (Lipinski definition) is 3. The Morgan fingerprint density at radius 3 is 2.76 bits per heavy atom. The molecular weight excluding hydrogens is 358 g/mol. The molecule has 1 aromatic rings. The van der Waals surface area contributed by atoms with E-state index in [0.717, 1.165) is 19.4 Å². The number of nitrogens with one attached hydrogen (secondary N) is 2. The lowest BCUT2D eigenvalue weighted by molar-refractivity contribution is -0.119. The number of piperidine rings is 1. The molecule has 1 aliphatic heterocycles. The zero-order chi connectivity index (χ0) is 15.6. The van der Waals surface area contributed by atoms with Crippen LogP contribution in [0.5, 0.6) is 0 Å². The summed E-state index contributed by atoms with van der Waals surface area (Å²) in [6.45, 7) is 2.95. The highest BCUT2D eigenvalue weighted by Gasteiger charge is 2.25. The molecule has 1 heterocycles. The molecule has 6 nitrogen and oxygen atoms in total. The topological polar surface area (TPSA) is 101 Å². The molecule has 1 fully saturated rings. The van der Waals surface area contributed by atoms with Crippen LogP contribution in [0, 0.1) is 5.92 Å². The summed E-state index contributed by atoms with van der Waals surface area (Å²) in [5.74, 6) is 0.390. The summed E-state index contributed by atoms with van der Waals surface area (Å²) in [5.41, 5.74) is 0.521. The number of hydrogen-bond acceptors (Lipinski definition) is 4. The van der Waals surface area contributed by atoms with Crippen LogP contribution in [-0.2, 0) is 14.8 Å².